The largest absolute Gasteiger partial charge is 0.497 e. The van der Waals surface area contributed by atoms with Crippen LogP contribution >= 0.6 is 0 Å². The first-order valence-electron chi connectivity index (χ1n) is 9.58. The van der Waals surface area contributed by atoms with E-state index >= 15 is 0 Å². The van der Waals surface area contributed by atoms with Gasteiger partial charge in [-0.2, -0.15) is 0 Å². The SMILES string of the molecule is COc1ccc(NC(=O)Cn2c(C(C)NC(=O)C(C)C)nc3ccccc32)cc1. The highest BCUT2D eigenvalue weighted by Gasteiger charge is 2.21. The molecule has 0 radical (unpaired) electrons. The van der Waals surface area contributed by atoms with E-state index in [1.165, 1.54) is 0 Å². The van der Waals surface area contributed by atoms with Gasteiger partial charge in [0.15, 0.2) is 0 Å². The quantitative estimate of drug-likeness (QED) is 0.642. The van der Waals surface area contributed by atoms with E-state index < -0.39 is 0 Å². The number of carbonyl (C=O) groups is 2. The van der Waals surface area contributed by atoms with Crippen molar-refractivity contribution in [3.05, 3.63) is 54.4 Å². The van der Waals surface area contributed by atoms with Gasteiger partial charge in [0.2, 0.25) is 11.8 Å². The summed E-state index contributed by atoms with van der Waals surface area (Å²) in [5, 5.41) is 5.86. The first kappa shape index (κ1) is 20.4. The summed E-state index contributed by atoms with van der Waals surface area (Å²) < 4.78 is 6.99. The topological polar surface area (TPSA) is 85.2 Å². The molecule has 29 heavy (non-hydrogen) atoms. The zero-order valence-corrected chi connectivity index (χ0v) is 17.1. The Morgan fingerprint density at radius 3 is 2.41 bits per heavy atom. The molecule has 0 aliphatic rings. The van der Waals surface area contributed by atoms with Crippen molar-refractivity contribution in [2.75, 3.05) is 12.4 Å². The fourth-order valence-corrected chi connectivity index (χ4v) is 3.05. The average molecular weight is 394 g/mol. The van der Waals surface area contributed by atoms with E-state index in [0.717, 1.165) is 16.8 Å². The molecule has 2 N–H and O–H groups in total. The van der Waals surface area contributed by atoms with Crippen LogP contribution in [0.4, 0.5) is 5.69 Å². The summed E-state index contributed by atoms with van der Waals surface area (Å²) in [4.78, 5) is 29.5. The van der Waals surface area contributed by atoms with Crippen LogP contribution in [0.1, 0.15) is 32.6 Å². The highest BCUT2D eigenvalue weighted by atomic mass is 16.5. The molecule has 1 unspecified atom stereocenters. The fraction of sp³-hybridized carbons (Fsp3) is 0.318. The number of fused-ring (bicyclic) bond motifs is 1. The van der Waals surface area contributed by atoms with Crippen LogP contribution in [0, 0.1) is 5.92 Å². The second-order valence-corrected chi connectivity index (χ2v) is 7.21. The molecule has 2 amide bonds. The van der Waals surface area contributed by atoms with Crippen molar-refractivity contribution in [2.24, 2.45) is 5.92 Å². The Morgan fingerprint density at radius 1 is 1.07 bits per heavy atom. The predicted octanol–water partition coefficient (Wildman–Crippen LogP) is 3.52. The normalized spacial score (nSPS) is 12.0. The summed E-state index contributed by atoms with van der Waals surface area (Å²) in [5.74, 6) is 1.00. The lowest BCUT2D eigenvalue weighted by Gasteiger charge is -2.17. The maximum absolute atomic E-state index is 12.7. The van der Waals surface area contributed by atoms with Gasteiger partial charge in [0, 0.05) is 11.6 Å². The number of benzene rings is 2. The first-order valence-corrected chi connectivity index (χ1v) is 9.58. The molecule has 0 spiro atoms. The second kappa shape index (κ2) is 8.77. The highest BCUT2D eigenvalue weighted by Crippen LogP contribution is 2.22. The molecule has 3 aromatic rings. The Labute approximate surface area is 170 Å². The van der Waals surface area contributed by atoms with Gasteiger partial charge >= 0.3 is 0 Å². The van der Waals surface area contributed by atoms with E-state index in [1.54, 1.807) is 31.4 Å². The molecular formula is C22H26N4O3. The monoisotopic (exact) mass is 394 g/mol. The number of aromatic nitrogens is 2. The molecule has 7 nitrogen and oxygen atoms in total. The van der Waals surface area contributed by atoms with E-state index in [2.05, 4.69) is 15.6 Å². The number of anilines is 1. The Kier molecular flexibility index (Phi) is 6.16. The van der Waals surface area contributed by atoms with Crippen molar-refractivity contribution >= 4 is 28.5 Å². The first-order chi connectivity index (χ1) is 13.9. The van der Waals surface area contributed by atoms with E-state index in [9.17, 15) is 9.59 Å². The van der Waals surface area contributed by atoms with Crippen molar-refractivity contribution in [3.8, 4) is 5.75 Å². The van der Waals surface area contributed by atoms with Crippen molar-refractivity contribution in [1.82, 2.24) is 14.9 Å². The molecule has 0 aliphatic carbocycles. The maximum Gasteiger partial charge on any atom is 0.244 e. The van der Waals surface area contributed by atoms with Gasteiger partial charge in [-0.15, -0.1) is 0 Å². The van der Waals surface area contributed by atoms with Crippen molar-refractivity contribution < 1.29 is 14.3 Å². The van der Waals surface area contributed by atoms with Gasteiger partial charge in [0.05, 0.1) is 24.2 Å². The number of amides is 2. The van der Waals surface area contributed by atoms with Crippen LogP contribution in [0.3, 0.4) is 0 Å². The van der Waals surface area contributed by atoms with Crippen LogP contribution in [-0.2, 0) is 16.1 Å². The lowest BCUT2D eigenvalue weighted by Crippen LogP contribution is -2.32. The lowest BCUT2D eigenvalue weighted by atomic mass is 10.2. The number of para-hydroxylation sites is 2. The summed E-state index contributed by atoms with van der Waals surface area (Å²) in [5.41, 5.74) is 2.31. The Hall–Kier alpha value is -3.35. The van der Waals surface area contributed by atoms with E-state index in [4.69, 9.17) is 4.74 Å². The summed E-state index contributed by atoms with van der Waals surface area (Å²) in [6.45, 7) is 5.64. The van der Waals surface area contributed by atoms with Gasteiger partial charge in [-0.3, -0.25) is 9.59 Å². The van der Waals surface area contributed by atoms with E-state index in [0.29, 0.717) is 11.5 Å². The number of hydrogen-bond donors (Lipinski definition) is 2. The summed E-state index contributed by atoms with van der Waals surface area (Å²) >= 11 is 0. The fourth-order valence-electron chi connectivity index (χ4n) is 3.05. The minimum atomic E-state index is -0.328. The summed E-state index contributed by atoms with van der Waals surface area (Å²) in [6, 6.07) is 14.4. The molecule has 7 heteroatoms. The molecule has 0 aliphatic heterocycles. The Morgan fingerprint density at radius 2 is 1.76 bits per heavy atom. The molecule has 152 valence electrons. The van der Waals surface area contributed by atoms with Gasteiger partial charge in [0.25, 0.3) is 0 Å². The summed E-state index contributed by atoms with van der Waals surface area (Å²) in [7, 11) is 1.60. The average Bonchev–Trinajstić information content (AvgIpc) is 3.07. The van der Waals surface area contributed by atoms with Gasteiger partial charge in [-0.25, -0.2) is 4.98 Å². The molecule has 0 fully saturated rings. The number of hydrogen-bond acceptors (Lipinski definition) is 4. The van der Waals surface area contributed by atoms with Crippen molar-refractivity contribution in [2.45, 2.75) is 33.4 Å². The smallest absolute Gasteiger partial charge is 0.244 e. The van der Waals surface area contributed by atoms with Crippen LogP contribution in [0.5, 0.6) is 5.75 Å². The third-order valence-corrected chi connectivity index (χ3v) is 4.63. The zero-order valence-electron chi connectivity index (χ0n) is 17.1. The van der Waals surface area contributed by atoms with Gasteiger partial charge in [-0.05, 0) is 43.3 Å². The predicted molar refractivity (Wildman–Crippen MR) is 113 cm³/mol. The van der Waals surface area contributed by atoms with Crippen molar-refractivity contribution in [3.63, 3.8) is 0 Å². The molecule has 0 bridgehead atoms. The van der Waals surface area contributed by atoms with Crippen LogP contribution in [0.2, 0.25) is 0 Å². The third-order valence-electron chi connectivity index (χ3n) is 4.63. The molecule has 0 saturated heterocycles. The van der Waals surface area contributed by atoms with Gasteiger partial charge in [0.1, 0.15) is 18.1 Å². The van der Waals surface area contributed by atoms with Crippen LogP contribution in [0.15, 0.2) is 48.5 Å². The molecule has 1 heterocycles. The number of ether oxygens (including phenoxy) is 1. The molecule has 1 aromatic heterocycles. The van der Waals surface area contributed by atoms with Crippen LogP contribution in [-0.4, -0.2) is 28.5 Å². The number of nitrogens with one attached hydrogen (secondary N) is 2. The van der Waals surface area contributed by atoms with E-state index in [-0.39, 0.29) is 30.3 Å². The molecule has 0 saturated carbocycles. The maximum atomic E-state index is 12.7. The van der Waals surface area contributed by atoms with Gasteiger partial charge in [-0.1, -0.05) is 26.0 Å². The zero-order chi connectivity index (χ0) is 21.0. The van der Waals surface area contributed by atoms with Crippen molar-refractivity contribution in [1.29, 1.82) is 0 Å². The molecule has 1 atom stereocenters. The van der Waals surface area contributed by atoms with Crippen LogP contribution < -0.4 is 15.4 Å². The minimum Gasteiger partial charge on any atom is -0.497 e. The molecular weight excluding hydrogens is 368 g/mol. The second-order valence-electron chi connectivity index (χ2n) is 7.21. The highest BCUT2D eigenvalue weighted by molar-refractivity contribution is 5.92. The van der Waals surface area contributed by atoms with Crippen LogP contribution in [0.25, 0.3) is 11.0 Å². The number of imidazole rings is 1. The van der Waals surface area contributed by atoms with Gasteiger partial charge < -0.3 is 19.9 Å². The summed E-state index contributed by atoms with van der Waals surface area (Å²) in [6.07, 6.45) is 0. The third kappa shape index (κ3) is 4.74. The Bertz CT molecular complexity index is 1010. The molecule has 2 aromatic carbocycles. The number of methoxy groups -OCH3 is 1. The standard InChI is InChI=1S/C22H26N4O3/c1-14(2)22(28)23-15(3)21-25-18-7-5-6-8-19(18)26(21)13-20(27)24-16-9-11-17(29-4)12-10-16/h5-12,14-15H,13H2,1-4H3,(H,23,28)(H,24,27). The number of nitrogens with zero attached hydrogens (tertiary/aromatic N) is 2. The lowest BCUT2D eigenvalue weighted by molar-refractivity contribution is -0.124. The Balaban J connectivity index is 1.84. The number of rotatable bonds is 7. The van der Waals surface area contributed by atoms with E-state index in [1.807, 2.05) is 49.6 Å². The number of carbonyl (C=O) groups excluding carboxylic acids is 2. The minimum absolute atomic E-state index is 0.0567. The molecule has 3 rings (SSSR count).